The Hall–Kier alpha value is -2.38. The van der Waals surface area contributed by atoms with Gasteiger partial charge in [0.15, 0.2) is 16.6 Å². The number of nitrogens with one attached hydrogen (secondary N) is 1. The van der Waals surface area contributed by atoms with Crippen LogP contribution in [0.2, 0.25) is 0 Å². The van der Waals surface area contributed by atoms with Gasteiger partial charge >= 0.3 is 0 Å². The lowest BCUT2D eigenvalue weighted by Gasteiger charge is -2.29. The van der Waals surface area contributed by atoms with Crippen LogP contribution in [0, 0.1) is 6.92 Å². The summed E-state index contributed by atoms with van der Waals surface area (Å²) >= 11 is 9.07. The average Bonchev–Trinajstić information content (AvgIpc) is 3.07. The summed E-state index contributed by atoms with van der Waals surface area (Å²) in [7, 11) is 1.61. The number of nitrogens with zero attached hydrogens (tertiary/aromatic N) is 1. The van der Waals surface area contributed by atoms with Crippen molar-refractivity contribution < 1.29 is 14.3 Å². The molecule has 1 N–H and O–H groups in total. The van der Waals surface area contributed by atoms with Crippen LogP contribution in [0.15, 0.2) is 46.6 Å². The summed E-state index contributed by atoms with van der Waals surface area (Å²) < 4.78 is 12.4. The van der Waals surface area contributed by atoms with Gasteiger partial charge in [-0.1, -0.05) is 49.1 Å². The Bertz CT molecular complexity index is 1050. The maximum atomic E-state index is 13.0. The van der Waals surface area contributed by atoms with Gasteiger partial charge in [0.25, 0.3) is 5.91 Å². The highest BCUT2D eigenvalue weighted by molar-refractivity contribution is 9.10. The minimum Gasteiger partial charge on any atom is -0.493 e. The van der Waals surface area contributed by atoms with Crippen LogP contribution >= 0.6 is 28.1 Å². The third kappa shape index (κ3) is 4.99. The zero-order valence-corrected chi connectivity index (χ0v) is 20.7. The van der Waals surface area contributed by atoms with Gasteiger partial charge in [0.1, 0.15) is 12.3 Å². The molecule has 1 amide bonds. The van der Waals surface area contributed by atoms with Crippen molar-refractivity contribution in [2.75, 3.05) is 7.11 Å². The number of hydrogen-bond donors (Lipinski definition) is 1. The van der Waals surface area contributed by atoms with E-state index in [-0.39, 0.29) is 11.9 Å². The highest BCUT2D eigenvalue weighted by Crippen LogP contribution is 2.38. The second kappa shape index (κ2) is 10.0. The Kier molecular flexibility index (Phi) is 7.16. The van der Waals surface area contributed by atoms with Crippen molar-refractivity contribution in [2.45, 2.75) is 51.7 Å². The van der Waals surface area contributed by atoms with E-state index in [0.717, 1.165) is 41.3 Å². The SMILES string of the molecule is COc1cc(/C=C2\NC(=S)N(C3CCCCC3)C2=O)cc(Br)c1OCc1ccc(C)cc1. The molecule has 1 aliphatic carbocycles. The van der Waals surface area contributed by atoms with Crippen LogP contribution in [0.4, 0.5) is 0 Å². The van der Waals surface area contributed by atoms with Crippen LogP contribution in [0.25, 0.3) is 6.08 Å². The molecular formula is C25H27BrN2O3S. The van der Waals surface area contributed by atoms with Crippen LogP contribution < -0.4 is 14.8 Å². The third-order valence-electron chi connectivity index (χ3n) is 5.92. The molecule has 2 aliphatic rings. The van der Waals surface area contributed by atoms with Crippen LogP contribution in [0.5, 0.6) is 11.5 Å². The van der Waals surface area contributed by atoms with Crippen molar-refractivity contribution in [3.63, 3.8) is 0 Å². The highest BCUT2D eigenvalue weighted by atomic mass is 79.9. The minimum absolute atomic E-state index is 0.0586. The lowest BCUT2D eigenvalue weighted by Crippen LogP contribution is -2.41. The molecule has 0 bridgehead atoms. The number of hydrogen-bond acceptors (Lipinski definition) is 4. The average molecular weight is 515 g/mol. The highest BCUT2D eigenvalue weighted by Gasteiger charge is 2.36. The van der Waals surface area contributed by atoms with E-state index < -0.39 is 0 Å². The van der Waals surface area contributed by atoms with E-state index in [9.17, 15) is 4.79 Å². The molecule has 1 aliphatic heterocycles. The summed E-state index contributed by atoms with van der Waals surface area (Å²) in [6.45, 7) is 2.49. The topological polar surface area (TPSA) is 50.8 Å². The van der Waals surface area contributed by atoms with Crippen molar-refractivity contribution in [3.05, 3.63) is 63.3 Å². The second-order valence-corrected chi connectivity index (χ2v) is 9.50. The number of carbonyl (C=O) groups excluding carboxylic acids is 1. The molecule has 2 aromatic carbocycles. The standard InChI is InChI=1S/C25H27BrN2O3S/c1-16-8-10-17(11-9-16)15-31-23-20(26)12-18(14-22(23)30-2)13-21-24(29)28(25(32)27-21)19-6-4-3-5-7-19/h8-14,19H,3-7,15H2,1-2H3,(H,27,32)/b21-13-. The summed E-state index contributed by atoms with van der Waals surface area (Å²) in [4.78, 5) is 14.8. The summed E-state index contributed by atoms with van der Waals surface area (Å²) in [6, 6.07) is 12.2. The first-order valence-corrected chi connectivity index (χ1v) is 12.1. The summed E-state index contributed by atoms with van der Waals surface area (Å²) in [5.74, 6) is 1.16. The number of benzene rings is 2. The fourth-order valence-corrected chi connectivity index (χ4v) is 5.11. The number of rotatable bonds is 6. The van der Waals surface area contributed by atoms with Gasteiger partial charge in [-0.15, -0.1) is 0 Å². The molecule has 168 valence electrons. The van der Waals surface area contributed by atoms with Crippen molar-refractivity contribution in [3.8, 4) is 11.5 Å². The first kappa shape index (κ1) is 22.8. The number of halogens is 1. The lowest BCUT2D eigenvalue weighted by atomic mass is 9.94. The van der Waals surface area contributed by atoms with E-state index in [4.69, 9.17) is 21.7 Å². The number of aryl methyl sites for hydroxylation is 1. The molecule has 7 heteroatoms. The molecule has 1 saturated heterocycles. The van der Waals surface area contributed by atoms with E-state index in [1.54, 1.807) is 12.0 Å². The van der Waals surface area contributed by atoms with Crippen molar-refractivity contribution in [1.82, 2.24) is 10.2 Å². The molecule has 2 fully saturated rings. The van der Waals surface area contributed by atoms with Crippen LogP contribution in [-0.4, -0.2) is 29.1 Å². The normalized spacial score (nSPS) is 18.2. The smallest absolute Gasteiger partial charge is 0.276 e. The molecule has 0 radical (unpaired) electrons. The number of ether oxygens (including phenoxy) is 2. The van der Waals surface area contributed by atoms with Gasteiger partial charge in [-0.25, -0.2) is 0 Å². The van der Waals surface area contributed by atoms with Crippen molar-refractivity contribution in [1.29, 1.82) is 0 Å². The largest absolute Gasteiger partial charge is 0.493 e. The first-order valence-electron chi connectivity index (χ1n) is 10.9. The fourth-order valence-electron chi connectivity index (χ4n) is 4.19. The Morgan fingerprint density at radius 2 is 1.91 bits per heavy atom. The molecule has 0 spiro atoms. The molecule has 0 unspecified atom stereocenters. The Morgan fingerprint density at radius 1 is 1.19 bits per heavy atom. The fraction of sp³-hybridized carbons (Fsp3) is 0.360. The molecule has 1 saturated carbocycles. The molecule has 1 heterocycles. The van der Waals surface area contributed by atoms with E-state index >= 15 is 0 Å². The van der Waals surface area contributed by atoms with E-state index in [0.29, 0.717) is 28.9 Å². The number of carbonyl (C=O) groups is 1. The monoisotopic (exact) mass is 514 g/mol. The Labute approximate surface area is 202 Å². The predicted octanol–water partition coefficient (Wildman–Crippen LogP) is 5.74. The number of methoxy groups -OCH3 is 1. The quantitative estimate of drug-likeness (QED) is 0.393. The lowest BCUT2D eigenvalue weighted by molar-refractivity contribution is -0.124. The zero-order valence-electron chi connectivity index (χ0n) is 18.3. The maximum absolute atomic E-state index is 13.0. The van der Waals surface area contributed by atoms with Crippen LogP contribution in [-0.2, 0) is 11.4 Å². The minimum atomic E-state index is -0.0586. The van der Waals surface area contributed by atoms with Crippen molar-refractivity contribution >= 4 is 45.2 Å². The summed E-state index contributed by atoms with van der Waals surface area (Å²) in [5, 5.41) is 3.60. The van der Waals surface area contributed by atoms with Crippen molar-refractivity contribution in [2.24, 2.45) is 0 Å². The molecule has 32 heavy (non-hydrogen) atoms. The molecule has 2 aromatic rings. The predicted molar refractivity (Wildman–Crippen MR) is 134 cm³/mol. The Morgan fingerprint density at radius 3 is 2.59 bits per heavy atom. The molecule has 4 rings (SSSR count). The van der Waals surface area contributed by atoms with Gasteiger partial charge in [0.2, 0.25) is 0 Å². The van der Waals surface area contributed by atoms with E-state index in [1.807, 2.05) is 30.3 Å². The molecular weight excluding hydrogens is 488 g/mol. The van der Waals surface area contributed by atoms with Gasteiger partial charge in [0.05, 0.1) is 11.6 Å². The summed E-state index contributed by atoms with van der Waals surface area (Å²) in [5.41, 5.74) is 3.60. The maximum Gasteiger partial charge on any atom is 0.276 e. The van der Waals surface area contributed by atoms with Gasteiger partial charge in [0, 0.05) is 6.04 Å². The number of thiocarbonyl (C=S) groups is 1. The Balaban J connectivity index is 1.53. The molecule has 0 aromatic heterocycles. The molecule has 5 nitrogen and oxygen atoms in total. The second-order valence-electron chi connectivity index (χ2n) is 8.26. The van der Waals surface area contributed by atoms with E-state index in [2.05, 4.69) is 40.3 Å². The van der Waals surface area contributed by atoms with Crippen LogP contribution in [0.1, 0.15) is 48.8 Å². The number of amides is 1. The summed E-state index contributed by atoms with van der Waals surface area (Å²) in [6.07, 6.45) is 7.34. The van der Waals surface area contributed by atoms with Gasteiger partial charge in [-0.3, -0.25) is 9.69 Å². The zero-order chi connectivity index (χ0) is 22.7. The third-order valence-corrected chi connectivity index (χ3v) is 6.80. The van der Waals surface area contributed by atoms with Gasteiger partial charge < -0.3 is 14.8 Å². The molecule has 0 atom stereocenters. The first-order chi connectivity index (χ1) is 15.5. The van der Waals surface area contributed by atoms with E-state index in [1.165, 1.54) is 12.0 Å². The van der Waals surface area contributed by atoms with Gasteiger partial charge in [-0.05, 0) is 77.2 Å². The van der Waals surface area contributed by atoms with Crippen LogP contribution in [0.3, 0.4) is 0 Å². The van der Waals surface area contributed by atoms with Gasteiger partial charge in [-0.2, -0.15) is 0 Å².